The number of carboxylic acids is 1. The molecule has 0 saturated heterocycles. The number of hydrogen-bond donors (Lipinski definition) is 3. The van der Waals surface area contributed by atoms with Crippen molar-refractivity contribution in [1.29, 1.82) is 0 Å². The maximum atomic E-state index is 14.3. The number of aromatic nitrogens is 1. The van der Waals surface area contributed by atoms with E-state index in [9.17, 15) is 19.5 Å². The van der Waals surface area contributed by atoms with E-state index < -0.39 is 30.0 Å². The van der Waals surface area contributed by atoms with Crippen LogP contribution in [0.3, 0.4) is 0 Å². The summed E-state index contributed by atoms with van der Waals surface area (Å²) in [7, 11) is 0. The summed E-state index contributed by atoms with van der Waals surface area (Å²) in [5.74, 6) is 1.05. The minimum Gasteiger partial charge on any atom is -0.490 e. The molecule has 3 N–H and O–H groups in total. The lowest BCUT2D eigenvalue weighted by atomic mass is 9.86. The lowest BCUT2D eigenvalue weighted by Gasteiger charge is -2.38. The van der Waals surface area contributed by atoms with Gasteiger partial charge in [0.25, 0.3) is 0 Å². The van der Waals surface area contributed by atoms with Gasteiger partial charge >= 0.3 is 12.0 Å². The normalized spacial score (nSPS) is 20.3. The van der Waals surface area contributed by atoms with Gasteiger partial charge < -0.3 is 34.9 Å². The van der Waals surface area contributed by atoms with Crippen molar-refractivity contribution in [2.24, 2.45) is 5.92 Å². The molecule has 5 aromatic rings. The van der Waals surface area contributed by atoms with E-state index in [1.165, 1.54) is 24.2 Å². The number of rotatable bonds is 12. The Labute approximate surface area is 363 Å². The fourth-order valence-electron chi connectivity index (χ4n) is 8.94. The number of urea groups is 1. The van der Waals surface area contributed by atoms with Crippen molar-refractivity contribution in [3.8, 4) is 28.4 Å². The molecule has 4 aromatic carbocycles. The number of carboxylic acid groups (broad SMARTS) is 1. The topological polar surface area (TPSA) is 139 Å². The number of aliphatic carboxylic acids is 1. The van der Waals surface area contributed by atoms with Crippen LogP contribution in [0.1, 0.15) is 97.2 Å². The number of carbonyl (C=O) groups excluding carboxylic acids is 2. The van der Waals surface area contributed by atoms with E-state index in [0.29, 0.717) is 18.1 Å². The minimum absolute atomic E-state index is 0.0613. The van der Waals surface area contributed by atoms with Gasteiger partial charge in [-0.2, -0.15) is 0 Å². The highest BCUT2D eigenvalue weighted by molar-refractivity contribution is 5.91. The number of hydrogen-bond acceptors (Lipinski definition) is 7. The molecule has 4 unspecified atom stereocenters. The number of aryl methyl sites for hydroxylation is 1. The van der Waals surface area contributed by atoms with Gasteiger partial charge in [0.15, 0.2) is 17.6 Å². The highest BCUT2D eigenvalue weighted by atomic mass is 16.6. The lowest BCUT2D eigenvalue weighted by molar-refractivity contribution is -0.142. The van der Waals surface area contributed by atoms with Crippen LogP contribution in [0.25, 0.3) is 11.1 Å². The van der Waals surface area contributed by atoms with Crippen LogP contribution in [-0.2, 0) is 29.0 Å². The average Bonchev–Trinajstić information content (AvgIpc) is 3.29. The number of nitrogens with zero attached hydrogens (tertiary/aromatic N) is 2. The Morgan fingerprint density at radius 1 is 0.887 bits per heavy atom. The minimum atomic E-state index is -1.23. The molecule has 62 heavy (non-hydrogen) atoms. The first-order valence-electron chi connectivity index (χ1n) is 21.9. The molecular weight excluding hydrogens is 781 g/mol. The van der Waals surface area contributed by atoms with Gasteiger partial charge in [-0.1, -0.05) is 80.1 Å². The molecule has 3 amide bonds. The SMILES string of the molecule is CCC1CCC(Oc2ccc(C3COc4cc5c(cc4O3)CN(C(=O)NC(C)c3ccccc3)C(C(=O)NC(Cc3ccc(-c4ccnc(C)c4C)cc3)C(=O)O)C5)cc2)CC1. The van der Waals surface area contributed by atoms with Crippen LogP contribution in [-0.4, -0.2) is 57.7 Å². The number of nitrogens with one attached hydrogen (secondary N) is 2. The first kappa shape index (κ1) is 42.3. The highest BCUT2D eigenvalue weighted by Gasteiger charge is 2.38. The summed E-state index contributed by atoms with van der Waals surface area (Å²) in [6.45, 7) is 8.54. The summed E-state index contributed by atoms with van der Waals surface area (Å²) in [6.07, 6.45) is 7.73. The smallest absolute Gasteiger partial charge is 0.326 e. The van der Waals surface area contributed by atoms with Crippen molar-refractivity contribution in [2.45, 2.75) is 110 Å². The highest BCUT2D eigenvalue weighted by Crippen LogP contribution is 2.41. The van der Waals surface area contributed by atoms with Crippen LogP contribution in [0.4, 0.5) is 4.79 Å². The van der Waals surface area contributed by atoms with Gasteiger partial charge in [0.1, 0.15) is 24.4 Å². The lowest BCUT2D eigenvalue weighted by Crippen LogP contribution is -2.57. The second kappa shape index (κ2) is 18.7. The number of carbonyl (C=O) groups is 3. The van der Waals surface area contributed by atoms with Crippen molar-refractivity contribution >= 4 is 17.9 Å². The third-order valence-corrected chi connectivity index (χ3v) is 13.0. The number of ether oxygens (including phenoxy) is 3. The molecule has 11 heteroatoms. The monoisotopic (exact) mass is 836 g/mol. The number of pyridine rings is 1. The van der Waals surface area contributed by atoms with Crippen molar-refractivity contribution in [1.82, 2.24) is 20.5 Å². The van der Waals surface area contributed by atoms with Gasteiger partial charge in [-0.3, -0.25) is 9.78 Å². The zero-order chi connectivity index (χ0) is 43.3. The van der Waals surface area contributed by atoms with Gasteiger partial charge in [-0.05, 0) is 127 Å². The fraction of sp³-hybridized carbons (Fsp3) is 0.373. The Morgan fingerprint density at radius 3 is 2.32 bits per heavy atom. The van der Waals surface area contributed by atoms with Crippen molar-refractivity contribution in [3.05, 3.63) is 142 Å². The predicted octanol–water partition coefficient (Wildman–Crippen LogP) is 9.24. The molecule has 0 bridgehead atoms. The van der Waals surface area contributed by atoms with E-state index in [4.69, 9.17) is 14.2 Å². The molecule has 3 heterocycles. The van der Waals surface area contributed by atoms with Crippen molar-refractivity contribution < 1.29 is 33.7 Å². The van der Waals surface area contributed by atoms with Crippen molar-refractivity contribution in [3.63, 3.8) is 0 Å². The standard InChI is InChI=1S/C51H56N4O7/c1-5-34-13-19-41(20-14-34)61-42-21-17-38(18-22-42)48-30-60-46-27-39-26-45(55(29-40(39)28-47(46)62-48)51(59)53-33(4)36-9-7-6-8-10-36)49(56)54-44(50(57)58)25-35-11-15-37(16-12-35)43-23-24-52-32(3)31(43)2/h6-12,15-18,21-24,27-28,33-34,41,44-45,48H,5,13-14,19-20,25-26,29-30H2,1-4H3,(H,53,59)(H,54,56)(H,57,58). The molecule has 1 aromatic heterocycles. The van der Waals surface area contributed by atoms with Crippen molar-refractivity contribution in [2.75, 3.05) is 6.61 Å². The molecule has 8 rings (SSSR count). The zero-order valence-corrected chi connectivity index (χ0v) is 35.9. The largest absolute Gasteiger partial charge is 0.490 e. The molecular formula is C51H56N4O7. The van der Waals surface area contributed by atoms with Gasteiger partial charge in [0.05, 0.1) is 12.1 Å². The molecule has 0 radical (unpaired) electrons. The molecule has 1 aliphatic carbocycles. The van der Waals surface area contributed by atoms with E-state index in [1.54, 1.807) is 6.20 Å². The van der Waals surface area contributed by atoms with E-state index in [-0.39, 0.29) is 37.6 Å². The maximum Gasteiger partial charge on any atom is 0.326 e. The summed E-state index contributed by atoms with van der Waals surface area (Å²) < 4.78 is 19.1. The number of amides is 3. The predicted molar refractivity (Wildman–Crippen MR) is 237 cm³/mol. The first-order valence-corrected chi connectivity index (χ1v) is 21.9. The van der Waals surface area contributed by atoms with Gasteiger partial charge in [-0.15, -0.1) is 0 Å². The van der Waals surface area contributed by atoms with Gasteiger partial charge in [0.2, 0.25) is 5.91 Å². The number of benzene rings is 4. The molecule has 2 aliphatic heterocycles. The average molecular weight is 837 g/mol. The summed E-state index contributed by atoms with van der Waals surface area (Å²) >= 11 is 0. The van der Waals surface area contributed by atoms with Crippen LogP contribution in [0, 0.1) is 19.8 Å². The zero-order valence-electron chi connectivity index (χ0n) is 35.9. The Morgan fingerprint density at radius 2 is 1.61 bits per heavy atom. The summed E-state index contributed by atoms with van der Waals surface area (Å²) in [5, 5.41) is 16.2. The summed E-state index contributed by atoms with van der Waals surface area (Å²) in [4.78, 5) is 47.0. The molecule has 0 spiro atoms. The van der Waals surface area contributed by atoms with E-state index in [0.717, 1.165) is 74.7 Å². The molecule has 1 fully saturated rings. The van der Waals surface area contributed by atoms with E-state index in [2.05, 4.69) is 22.5 Å². The third kappa shape index (κ3) is 9.57. The Hall–Kier alpha value is -6.36. The maximum absolute atomic E-state index is 14.3. The molecule has 3 aliphatic rings. The van der Waals surface area contributed by atoms with Crippen LogP contribution in [0.5, 0.6) is 17.2 Å². The first-order chi connectivity index (χ1) is 30.0. The van der Waals surface area contributed by atoms with Crippen LogP contribution >= 0.6 is 0 Å². The van der Waals surface area contributed by atoms with E-state index >= 15 is 0 Å². The Balaban J connectivity index is 0.985. The van der Waals surface area contributed by atoms with E-state index in [1.807, 2.05) is 118 Å². The summed E-state index contributed by atoms with van der Waals surface area (Å²) in [6, 6.07) is 28.0. The Kier molecular flexibility index (Phi) is 12.8. The molecule has 11 nitrogen and oxygen atoms in total. The molecule has 322 valence electrons. The molecule has 1 saturated carbocycles. The quantitative estimate of drug-likeness (QED) is 0.113. The van der Waals surface area contributed by atoms with Crippen LogP contribution in [0.15, 0.2) is 103 Å². The van der Waals surface area contributed by atoms with Crippen LogP contribution in [0.2, 0.25) is 0 Å². The molecule has 4 atom stereocenters. The van der Waals surface area contributed by atoms with Gasteiger partial charge in [0, 0.05) is 31.3 Å². The number of fused-ring (bicyclic) bond motifs is 2. The second-order valence-corrected chi connectivity index (χ2v) is 17.0. The second-order valence-electron chi connectivity index (χ2n) is 17.0. The van der Waals surface area contributed by atoms with Crippen LogP contribution < -0.4 is 24.8 Å². The van der Waals surface area contributed by atoms with Gasteiger partial charge in [-0.25, -0.2) is 9.59 Å². The Bertz CT molecular complexity index is 2380. The third-order valence-electron chi connectivity index (χ3n) is 13.0. The fourth-order valence-corrected chi connectivity index (χ4v) is 8.94. The summed E-state index contributed by atoms with van der Waals surface area (Å²) in [5.41, 5.74) is 8.33.